The number of benzene rings is 1. The molecular weight excluding hydrogens is 224 g/mol. The van der Waals surface area contributed by atoms with Crippen molar-refractivity contribution < 1.29 is 19.1 Å². The third-order valence-electron chi connectivity index (χ3n) is 2.30. The third-order valence-corrected chi connectivity index (χ3v) is 2.30. The zero-order valence-corrected chi connectivity index (χ0v) is 9.28. The number of carbonyl (C=O) groups is 2. The molecule has 1 aromatic rings. The molecule has 0 spiro atoms. The molecule has 90 valence electrons. The van der Waals surface area contributed by atoms with Gasteiger partial charge in [-0.2, -0.15) is 0 Å². The maximum absolute atomic E-state index is 11.1. The van der Waals surface area contributed by atoms with Crippen LogP contribution in [0.3, 0.4) is 0 Å². The number of fused-ring (bicyclic) bond motifs is 1. The summed E-state index contributed by atoms with van der Waals surface area (Å²) < 4.78 is 9.71. The molecule has 0 bridgehead atoms. The van der Waals surface area contributed by atoms with Crippen LogP contribution in [-0.4, -0.2) is 25.7 Å². The Balaban J connectivity index is 2.06. The summed E-state index contributed by atoms with van der Waals surface area (Å²) in [7, 11) is 1.31. The van der Waals surface area contributed by atoms with Gasteiger partial charge in [-0.25, -0.2) is 4.79 Å². The molecule has 0 saturated carbocycles. The van der Waals surface area contributed by atoms with Crippen molar-refractivity contribution in [2.45, 2.75) is 6.54 Å². The van der Waals surface area contributed by atoms with Crippen molar-refractivity contribution in [3.63, 3.8) is 0 Å². The molecule has 0 aromatic heterocycles. The van der Waals surface area contributed by atoms with Crippen molar-refractivity contribution in [1.29, 1.82) is 0 Å². The zero-order valence-electron chi connectivity index (χ0n) is 9.28. The minimum atomic E-state index is -0.489. The number of nitrogens with one attached hydrogen (secondary N) is 2. The van der Waals surface area contributed by atoms with E-state index in [1.54, 1.807) is 18.2 Å². The second-order valence-electron chi connectivity index (χ2n) is 3.51. The van der Waals surface area contributed by atoms with Gasteiger partial charge in [0.25, 0.3) is 5.91 Å². The van der Waals surface area contributed by atoms with E-state index < -0.39 is 6.09 Å². The van der Waals surface area contributed by atoms with Crippen molar-refractivity contribution in [3.05, 3.63) is 23.8 Å². The molecule has 1 aliphatic heterocycles. The van der Waals surface area contributed by atoms with E-state index in [2.05, 4.69) is 15.4 Å². The van der Waals surface area contributed by atoms with E-state index in [-0.39, 0.29) is 12.5 Å². The third kappa shape index (κ3) is 2.66. The molecule has 17 heavy (non-hydrogen) atoms. The fraction of sp³-hybridized carbons (Fsp3) is 0.273. The van der Waals surface area contributed by atoms with Gasteiger partial charge in [0, 0.05) is 6.54 Å². The number of amides is 2. The molecular formula is C11H12N2O4. The molecule has 0 radical (unpaired) electrons. The normalized spacial score (nSPS) is 13.1. The first-order chi connectivity index (χ1) is 8.19. The van der Waals surface area contributed by atoms with Gasteiger partial charge in [0.2, 0.25) is 0 Å². The predicted molar refractivity (Wildman–Crippen MR) is 59.8 cm³/mol. The Labute approximate surface area is 97.9 Å². The average Bonchev–Trinajstić information content (AvgIpc) is 2.35. The van der Waals surface area contributed by atoms with Crippen LogP contribution in [0.1, 0.15) is 5.56 Å². The van der Waals surface area contributed by atoms with Gasteiger partial charge in [-0.3, -0.25) is 4.79 Å². The fourth-order valence-electron chi connectivity index (χ4n) is 1.48. The van der Waals surface area contributed by atoms with Gasteiger partial charge >= 0.3 is 6.09 Å². The number of rotatable bonds is 2. The SMILES string of the molecule is COC(=O)NCc1ccc2c(c1)OCC(=O)N2. The highest BCUT2D eigenvalue weighted by atomic mass is 16.5. The highest BCUT2D eigenvalue weighted by Gasteiger charge is 2.15. The lowest BCUT2D eigenvalue weighted by molar-refractivity contribution is -0.118. The van der Waals surface area contributed by atoms with Gasteiger partial charge in [0.05, 0.1) is 12.8 Å². The van der Waals surface area contributed by atoms with Crippen molar-refractivity contribution in [2.24, 2.45) is 0 Å². The molecule has 2 rings (SSSR count). The lowest BCUT2D eigenvalue weighted by atomic mass is 10.1. The summed E-state index contributed by atoms with van der Waals surface area (Å²) in [6.07, 6.45) is -0.489. The Bertz CT molecular complexity index is 459. The van der Waals surface area contributed by atoms with Gasteiger partial charge in [-0.1, -0.05) is 6.07 Å². The summed E-state index contributed by atoms with van der Waals surface area (Å²) in [4.78, 5) is 22.0. The van der Waals surface area contributed by atoms with E-state index >= 15 is 0 Å². The van der Waals surface area contributed by atoms with Gasteiger partial charge in [-0.15, -0.1) is 0 Å². The smallest absolute Gasteiger partial charge is 0.407 e. The van der Waals surface area contributed by atoms with Crippen LogP contribution in [0, 0.1) is 0 Å². The molecule has 0 unspecified atom stereocenters. The number of hydrogen-bond acceptors (Lipinski definition) is 4. The average molecular weight is 236 g/mol. The number of hydrogen-bond donors (Lipinski definition) is 2. The predicted octanol–water partition coefficient (Wildman–Crippen LogP) is 0.873. The quantitative estimate of drug-likeness (QED) is 0.799. The molecule has 0 saturated heterocycles. The van der Waals surface area contributed by atoms with Crippen LogP contribution in [0.15, 0.2) is 18.2 Å². The minimum absolute atomic E-state index is 0.0148. The summed E-state index contributed by atoms with van der Waals surface area (Å²) in [5, 5.41) is 5.25. The maximum atomic E-state index is 11.1. The van der Waals surface area contributed by atoms with Crippen LogP contribution in [0.25, 0.3) is 0 Å². The van der Waals surface area contributed by atoms with E-state index in [0.29, 0.717) is 18.0 Å². The van der Waals surface area contributed by atoms with Crippen LogP contribution in [0.2, 0.25) is 0 Å². The number of carbonyl (C=O) groups excluding carboxylic acids is 2. The van der Waals surface area contributed by atoms with Crippen molar-refractivity contribution in [3.8, 4) is 5.75 Å². The fourth-order valence-corrected chi connectivity index (χ4v) is 1.48. The van der Waals surface area contributed by atoms with Crippen LogP contribution in [0.5, 0.6) is 5.75 Å². The Morgan fingerprint density at radius 3 is 3.18 bits per heavy atom. The summed E-state index contributed by atoms with van der Waals surface area (Å²) in [5.41, 5.74) is 1.51. The van der Waals surface area contributed by atoms with Gasteiger partial charge in [0.15, 0.2) is 6.61 Å². The second kappa shape index (κ2) is 4.73. The highest BCUT2D eigenvalue weighted by Crippen LogP contribution is 2.28. The summed E-state index contributed by atoms with van der Waals surface area (Å²) in [5.74, 6) is 0.437. The van der Waals surface area contributed by atoms with Crippen LogP contribution in [-0.2, 0) is 16.1 Å². The minimum Gasteiger partial charge on any atom is -0.482 e. The second-order valence-corrected chi connectivity index (χ2v) is 3.51. The number of methoxy groups -OCH3 is 1. The topological polar surface area (TPSA) is 76.7 Å². The van der Waals surface area contributed by atoms with Crippen molar-refractivity contribution in [2.75, 3.05) is 19.0 Å². The van der Waals surface area contributed by atoms with Crippen LogP contribution in [0.4, 0.5) is 10.5 Å². The number of anilines is 1. The Morgan fingerprint density at radius 1 is 1.59 bits per heavy atom. The van der Waals surface area contributed by atoms with E-state index in [4.69, 9.17) is 4.74 Å². The molecule has 1 aromatic carbocycles. The standard InChI is InChI=1S/C11H12N2O4/c1-16-11(15)12-5-7-2-3-8-9(4-7)17-6-10(14)13-8/h2-4H,5-6H2,1H3,(H,12,15)(H,13,14). The molecule has 0 aliphatic carbocycles. The first kappa shape index (κ1) is 11.3. The number of alkyl carbamates (subject to hydrolysis) is 1. The highest BCUT2D eigenvalue weighted by molar-refractivity contribution is 5.95. The van der Waals surface area contributed by atoms with Crippen LogP contribution >= 0.6 is 0 Å². The first-order valence-electron chi connectivity index (χ1n) is 5.06. The van der Waals surface area contributed by atoms with Gasteiger partial charge in [-0.05, 0) is 17.7 Å². The molecule has 0 atom stereocenters. The Morgan fingerprint density at radius 2 is 2.41 bits per heavy atom. The zero-order chi connectivity index (χ0) is 12.3. The molecule has 1 aliphatic rings. The molecule has 2 amide bonds. The van der Waals surface area contributed by atoms with E-state index in [0.717, 1.165) is 5.56 Å². The molecule has 2 N–H and O–H groups in total. The van der Waals surface area contributed by atoms with E-state index in [9.17, 15) is 9.59 Å². The largest absolute Gasteiger partial charge is 0.482 e. The van der Waals surface area contributed by atoms with Crippen molar-refractivity contribution >= 4 is 17.7 Å². The molecule has 1 heterocycles. The van der Waals surface area contributed by atoms with Gasteiger partial charge in [0.1, 0.15) is 5.75 Å². The van der Waals surface area contributed by atoms with E-state index in [1.807, 2.05) is 0 Å². The van der Waals surface area contributed by atoms with E-state index in [1.165, 1.54) is 7.11 Å². The lowest BCUT2D eigenvalue weighted by Crippen LogP contribution is -2.26. The number of ether oxygens (including phenoxy) is 2. The lowest BCUT2D eigenvalue weighted by Gasteiger charge is -2.18. The first-order valence-corrected chi connectivity index (χ1v) is 5.06. The van der Waals surface area contributed by atoms with Gasteiger partial charge < -0.3 is 20.1 Å². The Kier molecular flexibility index (Phi) is 3.13. The summed E-state index contributed by atoms with van der Waals surface area (Å²) in [6.45, 7) is 0.359. The Hall–Kier alpha value is -2.24. The van der Waals surface area contributed by atoms with Crippen LogP contribution < -0.4 is 15.4 Å². The summed E-state index contributed by atoms with van der Waals surface area (Å²) >= 11 is 0. The summed E-state index contributed by atoms with van der Waals surface area (Å²) in [6, 6.07) is 5.30. The molecule has 6 heteroatoms. The molecule has 6 nitrogen and oxygen atoms in total. The molecule has 0 fully saturated rings. The van der Waals surface area contributed by atoms with Crippen molar-refractivity contribution in [1.82, 2.24) is 5.32 Å². The monoisotopic (exact) mass is 236 g/mol. The maximum Gasteiger partial charge on any atom is 0.407 e.